The monoisotopic (exact) mass is 335 g/mol. The normalized spacial score (nSPS) is 15.6. The van der Waals surface area contributed by atoms with Gasteiger partial charge in [-0.15, -0.1) is 0 Å². The Kier molecular flexibility index (Phi) is 4.12. The SMILES string of the molecule is O=C(NCc1ccc(-c2ccoc2)cc1)[C@@H]1COc2ccccc2O1. The number of rotatable bonds is 4. The van der Waals surface area contributed by atoms with Crippen LogP contribution in [-0.4, -0.2) is 18.6 Å². The van der Waals surface area contributed by atoms with Crippen molar-refractivity contribution in [1.29, 1.82) is 0 Å². The maximum Gasteiger partial charge on any atom is 0.264 e. The maximum atomic E-state index is 12.3. The van der Waals surface area contributed by atoms with Crippen molar-refractivity contribution < 1.29 is 18.7 Å². The lowest BCUT2D eigenvalue weighted by molar-refractivity contribution is -0.130. The van der Waals surface area contributed by atoms with Gasteiger partial charge in [-0.2, -0.15) is 0 Å². The van der Waals surface area contributed by atoms with Crippen LogP contribution in [0, 0.1) is 0 Å². The number of carbonyl (C=O) groups excluding carboxylic acids is 1. The molecule has 5 nitrogen and oxygen atoms in total. The first-order valence-electron chi connectivity index (χ1n) is 8.07. The molecule has 0 unspecified atom stereocenters. The smallest absolute Gasteiger partial charge is 0.264 e. The van der Waals surface area contributed by atoms with Crippen LogP contribution in [0.5, 0.6) is 11.5 Å². The third-order valence-corrected chi connectivity index (χ3v) is 4.08. The number of para-hydroxylation sites is 2. The molecule has 1 N–H and O–H groups in total. The summed E-state index contributed by atoms with van der Waals surface area (Å²) in [6.45, 7) is 0.647. The van der Waals surface area contributed by atoms with Crippen molar-refractivity contribution in [2.45, 2.75) is 12.6 Å². The summed E-state index contributed by atoms with van der Waals surface area (Å²) in [6, 6.07) is 17.2. The number of hydrogen-bond donors (Lipinski definition) is 1. The summed E-state index contributed by atoms with van der Waals surface area (Å²) in [7, 11) is 0. The van der Waals surface area contributed by atoms with Crippen molar-refractivity contribution in [3.8, 4) is 22.6 Å². The summed E-state index contributed by atoms with van der Waals surface area (Å²) in [5, 5.41) is 2.89. The standard InChI is InChI=1S/C20H17NO4/c22-20(19-13-24-17-3-1-2-4-18(17)25-19)21-11-14-5-7-15(8-6-14)16-9-10-23-12-16/h1-10,12,19H,11,13H2,(H,21,22)/t19-/m0/s1. The van der Waals surface area contributed by atoms with E-state index in [1.807, 2.05) is 48.5 Å². The van der Waals surface area contributed by atoms with E-state index in [1.54, 1.807) is 18.6 Å². The lowest BCUT2D eigenvalue weighted by atomic mass is 10.1. The minimum Gasteiger partial charge on any atom is -0.485 e. The van der Waals surface area contributed by atoms with Crippen molar-refractivity contribution in [3.63, 3.8) is 0 Å². The molecule has 1 aliphatic heterocycles. The van der Waals surface area contributed by atoms with Gasteiger partial charge in [-0.3, -0.25) is 4.79 Å². The van der Waals surface area contributed by atoms with Crippen LogP contribution < -0.4 is 14.8 Å². The fraction of sp³-hybridized carbons (Fsp3) is 0.150. The number of hydrogen-bond acceptors (Lipinski definition) is 4. The number of benzene rings is 2. The molecule has 0 saturated heterocycles. The van der Waals surface area contributed by atoms with Gasteiger partial charge in [-0.25, -0.2) is 0 Å². The van der Waals surface area contributed by atoms with Gasteiger partial charge >= 0.3 is 0 Å². The molecule has 1 amide bonds. The van der Waals surface area contributed by atoms with E-state index in [4.69, 9.17) is 13.9 Å². The topological polar surface area (TPSA) is 60.7 Å². The van der Waals surface area contributed by atoms with Gasteiger partial charge in [0.05, 0.1) is 12.5 Å². The average molecular weight is 335 g/mol. The first-order valence-corrected chi connectivity index (χ1v) is 8.07. The van der Waals surface area contributed by atoms with Crippen molar-refractivity contribution in [1.82, 2.24) is 5.32 Å². The van der Waals surface area contributed by atoms with Crippen molar-refractivity contribution in [2.24, 2.45) is 0 Å². The molecule has 0 radical (unpaired) electrons. The van der Waals surface area contributed by atoms with Gasteiger partial charge in [0.25, 0.3) is 5.91 Å². The fourth-order valence-corrected chi connectivity index (χ4v) is 2.70. The van der Waals surface area contributed by atoms with Crippen LogP contribution in [0.3, 0.4) is 0 Å². The van der Waals surface area contributed by atoms with Crippen molar-refractivity contribution in [2.75, 3.05) is 6.61 Å². The minimum absolute atomic E-state index is 0.187. The van der Waals surface area contributed by atoms with Gasteiger partial charge in [0.1, 0.15) is 6.61 Å². The highest BCUT2D eigenvalue weighted by Crippen LogP contribution is 2.30. The van der Waals surface area contributed by atoms with E-state index in [1.165, 1.54) is 0 Å². The number of amides is 1. The molecule has 0 spiro atoms. The second-order valence-corrected chi connectivity index (χ2v) is 5.79. The van der Waals surface area contributed by atoms with Crippen LogP contribution in [0.4, 0.5) is 0 Å². The minimum atomic E-state index is -0.639. The van der Waals surface area contributed by atoms with Crippen molar-refractivity contribution >= 4 is 5.91 Å². The molecule has 4 rings (SSSR count). The zero-order valence-electron chi connectivity index (χ0n) is 13.5. The molecule has 2 heterocycles. The summed E-state index contributed by atoms with van der Waals surface area (Å²) in [4.78, 5) is 12.3. The first-order chi connectivity index (χ1) is 12.3. The lowest BCUT2D eigenvalue weighted by Gasteiger charge is -2.25. The number of furan rings is 1. The van der Waals surface area contributed by atoms with Crippen LogP contribution in [0.2, 0.25) is 0 Å². The Morgan fingerprint density at radius 2 is 1.80 bits per heavy atom. The molecule has 126 valence electrons. The summed E-state index contributed by atoms with van der Waals surface area (Å²) in [5.74, 6) is 1.08. The highest BCUT2D eigenvalue weighted by atomic mass is 16.6. The number of nitrogens with one attached hydrogen (secondary N) is 1. The van der Waals surface area contributed by atoms with Gasteiger partial charge in [0, 0.05) is 12.1 Å². The quantitative estimate of drug-likeness (QED) is 0.794. The molecule has 1 aliphatic rings. The molecule has 1 atom stereocenters. The molecule has 2 aromatic carbocycles. The van der Waals surface area contributed by atoms with Gasteiger partial charge < -0.3 is 19.2 Å². The largest absolute Gasteiger partial charge is 0.485 e. The van der Waals surface area contributed by atoms with Crippen LogP contribution in [-0.2, 0) is 11.3 Å². The Bertz CT molecular complexity index is 856. The van der Waals surface area contributed by atoms with E-state index in [-0.39, 0.29) is 12.5 Å². The zero-order valence-corrected chi connectivity index (χ0v) is 13.5. The number of carbonyl (C=O) groups is 1. The molecule has 25 heavy (non-hydrogen) atoms. The molecule has 0 saturated carbocycles. The highest BCUT2D eigenvalue weighted by molar-refractivity contribution is 5.81. The Hall–Kier alpha value is -3.21. The third kappa shape index (κ3) is 3.35. The molecule has 0 aliphatic carbocycles. The lowest BCUT2D eigenvalue weighted by Crippen LogP contribution is -2.43. The van der Waals surface area contributed by atoms with Gasteiger partial charge in [-0.1, -0.05) is 36.4 Å². The van der Waals surface area contributed by atoms with Crippen LogP contribution >= 0.6 is 0 Å². The van der Waals surface area contributed by atoms with Gasteiger partial charge in [-0.05, 0) is 29.3 Å². The van der Waals surface area contributed by atoms with E-state index >= 15 is 0 Å². The van der Waals surface area contributed by atoms with E-state index < -0.39 is 6.10 Å². The summed E-state index contributed by atoms with van der Waals surface area (Å²) >= 11 is 0. The Labute approximate surface area is 145 Å². The third-order valence-electron chi connectivity index (χ3n) is 4.08. The second-order valence-electron chi connectivity index (χ2n) is 5.79. The van der Waals surface area contributed by atoms with E-state index in [2.05, 4.69) is 5.32 Å². The van der Waals surface area contributed by atoms with Crippen LogP contribution in [0.1, 0.15) is 5.56 Å². The van der Waals surface area contributed by atoms with Gasteiger partial charge in [0.15, 0.2) is 11.5 Å². The predicted octanol–water partition coefficient (Wildman–Crippen LogP) is 3.40. The Morgan fingerprint density at radius 1 is 1.00 bits per heavy atom. The van der Waals surface area contributed by atoms with E-state index in [0.717, 1.165) is 16.7 Å². The van der Waals surface area contributed by atoms with E-state index in [0.29, 0.717) is 18.0 Å². The number of fused-ring (bicyclic) bond motifs is 1. The molecule has 3 aromatic rings. The summed E-state index contributed by atoms with van der Waals surface area (Å²) in [5.41, 5.74) is 3.11. The van der Waals surface area contributed by atoms with Crippen LogP contribution in [0.15, 0.2) is 71.5 Å². The van der Waals surface area contributed by atoms with E-state index in [9.17, 15) is 4.79 Å². The molecule has 5 heteroatoms. The number of ether oxygens (including phenoxy) is 2. The predicted molar refractivity (Wildman–Crippen MR) is 92.3 cm³/mol. The zero-order chi connectivity index (χ0) is 17.1. The highest BCUT2D eigenvalue weighted by Gasteiger charge is 2.26. The van der Waals surface area contributed by atoms with Crippen molar-refractivity contribution in [3.05, 3.63) is 72.7 Å². The molecule has 1 aromatic heterocycles. The maximum absolute atomic E-state index is 12.3. The average Bonchev–Trinajstić information content (AvgIpc) is 3.21. The van der Waals surface area contributed by atoms with Gasteiger partial charge in [0.2, 0.25) is 6.10 Å². The summed E-state index contributed by atoms with van der Waals surface area (Å²) in [6.07, 6.45) is 2.71. The molecular weight excluding hydrogens is 318 g/mol. The second kappa shape index (κ2) is 6.73. The first kappa shape index (κ1) is 15.3. The molecule has 0 bridgehead atoms. The fourth-order valence-electron chi connectivity index (χ4n) is 2.70. The molecule has 0 fully saturated rings. The summed E-state index contributed by atoms with van der Waals surface area (Å²) < 4.78 is 16.4. The Morgan fingerprint density at radius 3 is 2.56 bits per heavy atom. The van der Waals surface area contributed by atoms with Crippen LogP contribution in [0.25, 0.3) is 11.1 Å². The Balaban J connectivity index is 1.35. The molecular formula is C20H17NO4.